The maximum atomic E-state index is 11.0. The van der Waals surface area contributed by atoms with Gasteiger partial charge in [-0.15, -0.1) is 11.3 Å². The van der Waals surface area contributed by atoms with Gasteiger partial charge >= 0.3 is 5.97 Å². The van der Waals surface area contributed by atoms with E-state index in [9.17, 15) is 4.79 Å². The fourth-order valence-electron chi connectivity index (χ4n) is 0.879. The number of rotatable bonds is 5. The van der Waals surface area contributed by atoms with Gasteiger partial charge in [0.15, 0.2) is 5.69 Å². The van der Waals surface area contributed by atoms with E-state index >= 15 is 0 Å². The average Bonchev–Trinajstić information content (AvgIpc) is 2.66. The molecule has 78 valence electrons. The third kappa shape index (κ3) is 3.08. The Kier molecular flexibility index (Phi) is 4.55. The zero-order valence-corrected chi connectivity index (χ0v) is 9.10. The molecule has 4 nitrogen and oxygen atoms in total. The molecule has 14 heavy (non-hydrogen) atoms. The predicted octanol–water partition coefficient (Wildman–Crippen LogP) is 1.86. The summed E-state index contributed by atoms with van der Waals surface area (Å²) >= 11 is 1.41. The number of esters is 1. The van der Waals surface area contributed by atoms with Gasteiger partial charge in [0.2, 0.25) is 0 Å². The summed E-state index contributed by atoms with van der Waals surface area (Å²) in [5.41, 5.74) is 0.354. The molecule has 0 spiro atoms. The lowest BCUT2D eigenvalue weighted by Gasteiger charge is -1.97. The summed E-state index contributed by atoms with van der Waals surface area (Å²) in [4.78, 5) is 15.1. The van der Waals surface area contributed by atoms with E-state index in [0.29, 0.717) is 18.9 Å². The smallest absolute Gasteiger partial charge is 0.357 e. The Hall–Kier alpha value is -0.940. The second-order valence-electron chi connectivity index (χ2n) is 2.67. The number of ether oxygens (including phenoxy) is 2. The van der Waals surface area contributed by atoms with E-state index in [1.807, 2.05) is 6.92 Å². The fourth-order valence-corrected chi connectivity index (χ4v) is 1.58. The lowest BCUT2D eigenvalue weighted by Crippen LogP contribution is -2.02. The van der Waals surface area contributed by atoms with Gasteiger partial charge in [-0.25, -0.2) is 9.78 Å². The molecular weight excluding hydrogens is 202 g/mol. The molecule has 5 heteroatoms. The summed E-state index contributed by atoms with van der Waals surface area (Å²) in [6.45, 7) is 3.23. The van der Waals surface area contributed by atoms with Crippen LogP contribution >= 0.6 is 11.3 Å². The molecule has 0 saturated carbocycles. The highest BCUT2D eigenvalue weighted by molar-refractivity contribution is 7.09. The molecule has 0 fully saturated rings. The van der Waals surface area contributed by atoms with Crippen LogP contribution in [0.15, 0.2) is 5.38 Å². The Morgan fingerprint density at radius 1 is 1.64 bits per heavy atom. The van der Waals surface area contributed by atoms with Gasteiger partial charge in [0.1, 0.15) is 5.01 Å². The monoisotopic (exact) mass is 215 g/mol. The molecular formula is C9H13NO3S. The zero-order valence-electron chi connectivity index (χ0n) is 8.28. The van der Waals surface area contributed by atoms with Crippen molar-refractivity contribution in [3.05, 3.63) is 16.1 Å². The first-order valence-corrected chi connectivity index (χ1v) is 5.26. The molecule has 0 atom stereocenters. The van der Waals surface area contributed by atoms with Crippen molar-refractivity contribution >= 4 is 17.3 Å². The van der Waals surface area contributed by atoms with E-state index < -0.39 is 5.97 Å². The van der Waals surface area contributed by atoms with Gasteiger partial charge in [-0.05, 0) is 6.42 Å². The lowest BCUT2D eigenvalue weighted by atomic mass is 10.5. The van der Waals surface area contributed by atoms with Gasteiger partial charge in [-0.3, -0.25) is 0 Å². The molecule has 0 saturated heterocycles. The van der Waals surface area contributed by atoms with E-state index in [1.54, 1.807) is 5.38 Å². The lowest BCUT2D eigenvalue weighted by molar-refractivity contribution is 0.0594. The molecule has 0 amide bonds. The molecule has 0 aliphatic carbocycles. The first-order chi connectivity index (χ1) is 6.77. The standard InChI is InChI=1S/C9H13NO3S/c1-3-4-13-5-8-10-7(6-14-8)9(11)12-2/h6H,3-5H2,1-2H3. The third-order valence-electron chi connectivity index (χ3n) is 1.52. The number of hydrogen-bond donors (Lipinski definition) is 0. The van der Waals surface area contributed by atoms with Crippen molar-refractivity contribution in [2.75, 3.05) is 13.7 Å². The van der Waals surface area contributed by atoms with Gasteiger partial charge in [0.25, 0.3) is 0 Å². The van der Waals surface area contributed by atoms with Crippen LogP contribution in [0, 0.1) is 0 Å². The number of thiazole rings is 1. The normalized spacial score (nSPS) is 10.1. The minimum atomic E-state index is -0.400. The van der Waals surface area contributed by atoms with Crippen molar-refractivity contribution < 1.29 is 14.3 Å². The first kappa shape index (κ1) is 11.1. The molecule has 0 unspecified atom stereocenters. The van der Waals surface area contributed by atoms with Crippen LogP contribution in [0.4, 0.5) is 0 Å². The zero-order chi connectivity index (χ0) is 10.4. The molecule has 0 aromatic carbocycles. The van der Waals surface area contributed by atoms with E-state index in [1.165, 1.54) is 18.4 Å². The van der Waals surface area contributed by atoms with Gasteiger partial charge < -0.3 is 9.47 Å². The number of nitrogens with zero attached hydrogens (tertiary/aromatic N) is 1. The fraction of sp³-hybridized carbons (Fsp3) is 0.556. The molecule has 1 heterocycles. The Morgan fingerprint density at radius 2 is 2.43 bits per heavy atom. The highest BCUT2D eigenvalue weighted by Gasteiger charge is 2.09. The highest BCUT2D eigenvalue weighted by atomic mass is 32.1. The number of aromatic nitrogens is 1. The second-order valence-corrected chi connectivity index (χ2v) is 3.61. The molecule has 0 bridgehead atoms. The molecule has 1 aromatic rings. The van der Waals surface area contributed by atoms with Crippen molar-refractivity contribution in [2.45, 2.75) is 20.0 Å². The van der Waals surface area contributed by atoms with Gasteiger partial charge in [0.05, 0.1) is 13.7 Å². The quantitative estimate of drug-likeness (QED) is 0.555. The van der Waals surface area contributed by atoms with Gasteiger partial charge in [-0.1, -0.05) is 6.92 Å². The third-order valence-corrected chi connectivity index (χ3v) is 2.34. The summed E-state index contributed by atoms with van der Waals surface area (Å²) in [6.07, 6.45) is 0.981. The van der Waals surface area contributed by atoms with Crippen molar-refractivity contribution in [1.29, 1.82) is 0 Å². The summed E-state index contributed by atoms with van der Waals surface area (Å²) in [5, 5.41) is 2.48. The first-order valence-electron chi connectivity index (χ1n) is 4.38. The summed E-state index contributed by atoms with van der Waals surface area (Å²) in [7, 11) is 1.34. The van der Waals surface area contributed by atoms with Crippen LogP contribution in [-0.4, -0.2) is 24.7 Å². The number of carbonyl (C=O) groups is 1. The highest BCUT2D eigenvalue weighted by Crippen LogP contribution is 2.11. The molecule has 1 aromatic heterocycles. The topological polar surface area (TPSA) is 48.4 Å². The summed E-state index contributed by atoms with van der Waals surface area (Å²) in [6, 6.07) is 0. The van der Waals surface area contributed by atoms with E-state index in [0.717, 1.165) is 11.4 Å². The number of carbonyl (C=O) groups excluding carboxylic acids is 1. The Balaban J connectivity index is 2.46. The minimum absolute atomic E-state index is 0.354. The molecule has 1 rings (SSSR count). The van der Waals surface area contributed by atoms with Crippen LogP contribution in [0.5, 0.6) is 0 Å². The Morgan fingerprint density at radius 3 is 3.07 bits per heavy atom. The molecule has 0 N–H and O–H groups in total. The largest absolute Gasteiger partial charge is 0.464 e. The SMILES string of the molecule is CCCOCc1nc(C(=O)OC)cs1. The van der Waals surface area contributed by atoms with Crippen molar-refractivity contribution in [3.8, 4) is 0 Å². The van der Waals surface area contributed by atoms with E-state index in [4.69, 9.17) is 4.74 Å². The van der Waals surface area contributed by atoms with Gasteiger partial charge in [0, 0.05) is 12.0 Å². The van der Waals surface area contributed by atoms with Crippen molar-refractivity contribution in [2.24, 2.45) is 0 Å². The van der Waals surface area contributed by atoms with Crippen LogP contribution in [0.1, 0.15) is 28.8 Å². The maximum absolute atomic E-state index is 11.0. The predicted molar refractivity (Wildman–Crippen MR) is 53.4 cm³/mol. The summed E-state index contributed by atoms with van der Waals surface area (Å²) in [5.74, 6) is -0.400. The molecule has 0 aliphatic heterocycles. The van der Waals surface area contributed by atoms with Crippen LogP contribution in [0.25, 0.3) is 0 Å². The number of hydrogen-bond acceptors (Lipinski definition) is 5. The van der Waals surface area contributed by atoms with Crippen LogP contribution < -0.4 is 0 Å². The van der Waals surface area contributed by atoms with Crippen LogP contribution in [0.3, 0.4) is 0 Å². The van der Waals surface area contributed by atoms with Gasteiger partial charge in [-0.2, -0.15) is 0 Å². The summed E-state index contributed by atoms with van der Waals surface area (Å²) < 4.78 is 9.83. The van der Waals surface area contributed by atoms with Crippen LogP contribution in [-0.2, 0) is 16.1 Å². The van der Waals surface area contributed by atoms with E-state index in [-0.39, 0.29) is 0 Å². The molecule has 0 aliphatic rings. The van der Waals surface area contributed by atoms with Crippen molar-refractivity contribution in [1.82, 2.24) is 4.98 Å². The Bertz CT molecular complexity index is 298. The minimum Gasteiger partial charge on any atom is -0.464 e. The van der Waals surface area contributed by atoms with E-state index in [2.05, 4.69) is 9.72 Å². The Labute approximate surface area is 86.9 Å². The van der Waals surface area contributed by atoms with Crippen molar-refractivity contribution in [3.63, 3.8) is 0 Å². The molecule has 0 radical (unpaired) electrons. The average molecular weight is 215 g/mol. The number of methoxy groups -OCH3 is 1. The maximum Gasteiger partial charge on any atom is 0.357 e. The second kappa shape index (κ2) is 5.72. The van der Waals surface area contributed by atoms with Crippen LogP contribution in [0.2, 0.25) is 0 Å².